The molecule has 3 nitrogen and oxygen atoms in total. The molecule has 1 unspecified atom stereocenters. The first-order chi connectivity index (χ1) is 18.1. The minimum Gasteiger partial charge on any atom is -0.550 e. The van der Waals surface area contributed by atoms with Gasteiger partial charge in [-0.25, -0.2) is 0 Å². The summed E-state index contributed by atoms with van der Waals surface area (Å²) in [4.78, 5) is 13.5. The number of carbonyl (C=O) groups is 1. The van der Waals surface area contributed by atoms with Crippen molar-refractivity contribution in [2.45, 2.75) is 200 Å². The van der Waals surface area contributed by atoms with Crippen LogP contribution in [0.2, 0.25) is 0 Å². The van der Waals surface area contributed by atoms with Gasteiger partial charge < -0.3 is 14.8 Å². The number of hydrogen-bond donors (Lipinski definition) is 0. The first-order valence-corrected chi connectivity index (χ1v) is 17.1. The third-order valence-electron chi connectivity index (χ3n) is 8.22. The fraction of sp³-hybridized carbons (Fsp3) is 0.971. The van der Waals surface area contributed by atoms with Gasteiger partial charge in [-0.2, -0.15) is 0 Å². The van der Waals surface area contributed by atoms with E-state index >= 15 is 0 Å². The Morgan fingerprint density at radius 1 is 0.526 bits per heavy atom. The largest absolute Gasteiger partial charge is 1.00 e. The number of nitrogens with zero attached hydrogens (tertiary/aromatic N) is 1. The van der Waals surface area contributed by atoms with Gasteiger partial charge >= 0.3 is 51.4 Å². The molecule has 0 aromatic rings. The number of carbonyl (C=O) groups excluding carboxylic acids is 1. The first kappa shape index (κ1) is 41.2. The van der Waals surface area contributed by atoms with E-state index in [9.17, 15) is 9.90 Å². The Morgan fingerprint density at radius 3 is 1.11 bits per heavy atom. The molecule has 0 aliphatic rings. The van der Waals surface area contributed by atoms with Crippen molar-refractivity contribution in [2.24, 2.45) is 0 Å². The Bertz CT molecular complexity index is 432. The molecule has 0 aromatic heterocycles. The topological polar surface area (TPSA) is 43.4 Å². The molecule has 0 bridgehead atoms. The fourth-order valence-corrected chi connectivity index (χ4v) is 5.59. The molecule has 0 rings (SSSR count). The Labute approximate surface area is 282 Å². The molecule has 0 N–H and O–H groups in total. The van der Waals surface area contributed by atoms with Crippen molar-refractivity contribution in [3.8, 4) is 0 Å². The van der Waals surface area contributed by atoms with E-state index in [1.54, 1.807) is 0 Å². The maximum atomic E-state index is 10.8. The average Bonchev–Trinajstić information content (AvgIpc) is 2.88. The molecule has 0 aliphatic heterocycles. The second-order valence-corrected chi connectivity index (χ2v) is 11.9. The van der Waals surface area contributed by atoms with E-state index in [4.69, 9.17) is 0 Å². The summed E-state index contributed by atoms with van der Waals surface area (Å²) in [7, 11) is 0. The second kappa shape index (κ2) is 34.3. The Balaban J connectivity index is 0. The molecule has 0 fully saturated rings. The Hall–Kier alpha value is 1.07. The standard InChI is InChI=1S/C34H69NO2.K/c1-4-6-8-10-12-14-16-18-20-22-24-26-31-35(33(3)29-28-30-34(36)37)32-27-25-23-21-19-17-15-13-11-9-7-5-2;/h33H,4-32H2,1-3H3,(H,36,37);/q;+1/p-1. The van der Waals surface area contributed by atoms with Crippen LogP contribution in [0.3, 0.4) is 0 Å². The number of hydrogen-bond acceptors (Lipinski definition) is 3. The zero-order chi connectivity index (χ0) is 27.2. The molecule has 0 saturated carbocycles. The summed E-state index contributed by atoms with van der Waals surface area (Å²) in [5, 5.41) is 10.8. The third-order valence-corrected chi connectivity index (χ3v) is 8.22. The summed E-state index contributed by atoms with van der Waals surface area (Å²) in [6.07, 6.45) is 35.4. The van der Waals surface area contributed by atoms with Gasteiger partial charge in [0.2, 0.25) is 0 Å². The van der Waals surface area contributed by atoms with E-state index in [2.05, 4.69) is 25.7 Å². The summed E-state index contributed by atoms with van der Waals surface area (Å²) < 4.78 is 0. The van der Waals surface area contributed by atoms with E-state index in [1.807, 2.05) is 0 Å². The van der Waals surface area contributed by atoms with E-state index < -0.39 is 5.97 Å². The van der Waals surface area contributed by atoms with Gasteiger partial charge in [0.1, 0.15) is 0 Å². The quantitative estimate of drug-likeness (QED) is 0.0676. The Morgan fingerprint density at radius 2 is 0.816 bits per heavy atom. The molecule has 0 aromatic carbocycles. The van der Waals surface area contributed by atoms with E-state index in [-0.39, 0.29) is 57.8 Å². The van der Waals surface area contributed by atoms with Gasteiger partial charge in [-0.15, -0.1) is 0 Å². The van der Waals surface area contributed by atoms with Crippen LogP contribution in [0.4, 0.5) is 0 Å². The molecule has 222 valence electrons. The number of rotatable bonds is 31. The molecule has 0 spiro atoms. The van der Waals surface area contributed by atoms with Crippen molar-refractivity contribution >= 4 is 5.97 Å². The molecular weight excluding hydrogens is 493 g/mol. The van der Waals surface area contributed by atoms with Crippen LogP contribution in [-0.4, -0.2) is 30.0 Å². The number of carboxylic acid groups (broad SMARTS) is 1. The molecular formula is C34H68KNO2. The number of carboxylic acids is 1. The molecule has 0 saturated heterocycles. The van der Waals surface area contributed by atoms with Crippen LogP contribution in [0, 0.1) is 0 Å². The molecule has 4 heteroatoms. The van der Waals surface area contributed by atoms with Crippen LogP contribution in [0.15, 0.2) is 0 Å². The summed E-state index contributed by atoms with van der Waals surface area (Å²) in [5.41, 5.74) is 0. The molecule has 0 aliphatic carbocycles. The maximum Gasteiger partial charge on any atom is 1.00 e. The van der Waals surface area contributed by atoms with E-state index in [0.717, 1.165) is 12.8 Å². The molecule has 0 radical (unpaired) electrons. The minimum atomic E-state index is -0.902. The molecule has 38 heavy (non-hydrogen) atoms. The van der Waals surface area contributed by atoms with Crippen molar-refractivity contribution in [1.82, 2.24) is 4.90 Å². The van der Waals surface area contributed by atoms with Crippen molar-refractivity contribution in [2.75, 3.05) is 13.1 Å². The zero-order valence-corrected chi connectivity index (χ0v) is 30.0. The second-order valence-electron chi connectivity index (χ2n) is 11.9. The van der Waals surface area contributed by atoms with Gasteiger partial charge in [0.15, 0.2) is 0 Å². The minimum absolute atomic E-state index is 0. The Kier molecular flexibility index (Phi) is 37.2. The summed E-state index contributed by atoms with van der Waals surface area (Å²) in [6.45, 7) is 9.24. The smallest absolute Gasteiger partial charge is 0.550 e. The summed E-state index contributed by atoms with van der Waals surface area (Å²) in [5.74, 6) is -0.902. The van der Waals surface area contributed by atoms with E-state index in [1.165, 1.54) is 167 Å². The number of unbranched alkanes of at least 4 members (excludes halogenated alkanes) is 22. The fourth-order valence-electron chi connectivity index (χ4n) is 5.59. The predicted octanol–water partition coefficient (Wildman–Crippen LogP) is 7.00. The van der Waals surface area contributed by atoms with Gasteiger partial charge in [0, 0.05) is 12.0 Å². The van der Waals surface area contributed by atoms with Gasteiger partial charge in [0.05, 0.1) is 0 Å². The summed E-state index contributed by atoms with van der Waals surface area (Å²) >= 11 is 0. The first-order valence-electron chi connectivity index (χ1n) is 17.1. The van der Waals surface area contributed by atoms with Gasteiger partial charge in [-0.1, -0.05) is 155 Å². The molecule has 0 heterocycles. The van der Waals surface area contributed by atoms with Crippen LogP contribution in [-0.2, 0) is 4.79 Å². The SMILES string of the molecule is CCCCCCCCCCCCCCN(CCCCCCCCCCCCCC)C(C)CCCC(=O)[O-].[K+]. The van der Waals surface area contributed by atoms with Crippen LogP contribution in [0.1, 0.15) is 194 Å². The van der Waals surface area contributed by atoms with Gasteiger partial charge in [-0.3, -0.25) is 0 Å². The monoisotopic (exact) mass is 561 g/mol. The third kappa shape index (κ3) is 31.6. The van der Waals surface area contributed by atoms with Crippen molar-refractivity contribution in [1.29, 1.82) is 0 Å². The van der Waals surface area contributed by atoms with Crippen LogP contribution in [0.25, 0.3) is 0 Å². The molecule has 1 atom stereocenters. The van der Waals surface area contributed by atoms with Crippen molar-refractivity contribution in [3.63, 3.8) is 0 Å². The average molecular weight is 562 g/mol. The van der Waals surface area contributed by atoms with Crippen molar-refractivity contribution in [3.05, 3.63) is 0 Å². The predicted molar refractivity (Wildman–Crippen MR) is 162 cm³/mol. The van der Waals surface area contributed by atoms with Gasteiger partial charge in [-0.05, 0) is 52.1 Å². The summed E-state index contributed by atoms with van der Waals surface area (Å²) in [6, 6.07) is 0.486. The van der Waals surface area contributed by atoms with Crippen LogP contribution >= 0.6 is 0 Å². The zero-order valence-electron chi connectivity index (χ0n) is 26.8. The normalized spacial score (nSPS) is 12.1. The van der Waals surface area contributed by atoms with Crippen LogP contribution in [0.5, 0.6) is 0 Å². The number of aliphatic carboxylic acids is 1. The maximum absolute atomic E-state index is 10.8. The van der Waals surface area contributed by atoms with Crippen LogP contribution < -0.4 is 56.5 Å². The van der Waals surface area contributed by atoms with Gasteiger partial charge in [0.25, 0.3) is 0 Å². The molecule has 0 amide bonds. The van der Waals surface area contributed by atoms with Crippen molar-refractivity contribution < 1.29 is 61.3 Å². The van der Waals surface area contributed by atoms with E-state index in [0.29, 0.717) is 6.04 Å².